The molecule has 1 aromatic heterocycles. The molecular formula is C18H24N4OS. The number of anilines is 1. The van der Waals surface area contributed by atoms with Crippen molar-refractivity contribution >= 4 is 23.1 Å². The van der Waals surface area contributed by atoms with Crippen molar-refractivity contribution in [3.8, 4) is 5.75 Å². The molecule has 0 bridgehead atoms. The summed E-state index contributed by atoms with van der Waals surface area (Å²) in [5.41, 5.74) is 2.36. The van der Waals surface area contributed by atoms with Gasteiger partial charge in [-0.25, -0.2) is 4.98 Å². The van der Waals surface area contributed by atoms with Gasteiger partial charge in [-0.3, -0.25) is 0 Å². The predicted octanol–water partition coefficient (Wildman–Crippen LogP) is 2.36. The normalized spacial score (nSPS) is 10.1. The molecule has 6 heteroatoms. The van der Waals surface area contributed by atoms with E-state index in [0.717, 1.165) is 30.1 Å². The van der Waals surface area contributed by atoms with Crippen LogP contribution in [0.4, 0.5) is 5.82 Å². The van der Waals surface area contributed by atoms with E-state index in [0.29, 0.717) is 11.7 Å². The van der Waals surface area contributed by atoms with E-state index in [2.05, 4.69) is 33.8 Å². The van der Waals surface area contributed by atoms with Crippen LogP contribution < -0.4 is 20.3 Å². The molecule has 1 heterocycles. The van der Waals surface area contributed by atoms with Crippen molar-refractivity contribution in [2.75, 3.05) is 32.6 Å². The third kappa shape index (κ3) is 5.38. The second-order valence-corrected chi connectivity index (χ2v) is 6.00. The van der Waals surface area contributed by atoms with Gasteiger partial charge in [0, 0.05) is 38.9 Å². The maximum Gasteiger partial charge on any atom is 0.166 e. The summed E-state index contributed by atoms with van der Waals surface area (Å²) in [7, 11) is 5.64. The lowest BCUT2D eigenvalue weighted by Crippen LogP contribution is -2.36. The lowest BCUT2D eigenvalue weighted by atomic mass is 10.1. The predicted molar refractivity (Wildman–Crippen MR) is 103 cm³/mol. The second-order valence-electron chi connectivity index (χ2n) is 5.59. The standard InChI is InChI=1S/C18H24N4OS/c1-22(2)17-15(5-4-11-19-17)13-21-18(24)20-12-10-14-6-8-16(23-3)9-7-14/h4-9,11H,10,12-13H2,1-3H3,(H2,20,21,24). The van der Waals surface area contributed by atoms with E-state index in [1.165, 1.54) is 5.56 Å². The van der Waals surface area contributed by atoms with Crippen molar-refractivity contribution in [1.82, 2.24) is 15.6 Å². The van der Waals surface area contributed by atoms with Crippen LogP contribution in [0.5, 0.6) is 5.75 Å². The summed E-state index contributed by atoms with van der Waals surface area (Å²) in [5, 5.41) is 7.12. The summed E-state index contributed by atoms with van der Waals surface area (Å²) in [5.74, 6) is 1.82. The third-order valence-corrected chi connectivity index (χ3v) is 3.88. The van der Waals surface area contributed by atoms with Crippen LogP contribution in [0.15, 0.2) is 42.6 Å². The summed E-state index contributed by atoms with van der Waals surface area (Å²) in [6.45, 7) is 1.43. The Morgan fingerprint density at radius 2 is 1.92 bits per heavy atom. The quantitative estimate of drug-likeness (QED) is 0.752. The molecule has 24 heavy (non-hydrogen) atoms. The van der Waals surface area contributed by atoms with E-state index in [-0.39, 0.29) is 0 Å². The molecule has 0 aliphatic carbocycles. The van der Waals surface area contributed by atoms with Crippen LogP contribution in [0.2, 0.25) is 0 Å². The van der Waals surface area contributed by atoms with Crippen LogP contribution >= 0.6 is 12.2 Å². The first-order valence-electron chi connectivity index (χ1n) is 7.86. The molecule has 1 aromatic carbocycles. The van der Waals surface area contributed by atoms with E-state index in [4.69, 9.17) is 17.0 Å². The lowest BCUT2D eigenvalue weighted by Gasteiger charge is -2.17. The molecule has 128 valence electrons. The van der Waals surface area contributed by atoms with Gasteiger partial charge >= 0.3 is 0 Å². The maximum atomic E-state index is 5.34. The van der Waals surface area contributed by atoms with Gasteiger partial charge < -0.3 is 20.3 Å². The van der Waals surface area contributed by atoms with E-state index >= 15 is 0 Å². The highest BCUT2D eigenvalue weighted by molar-refractivity contribution is 7.80. The molecule has 0 saturated heterocycles. The van der Waals surface area contributed by atoms with Gasteiger partial charge in [-0.2, -0.15) is 0 Å². The number of nitrogens with one attached hydrogen (secondary N) is 2. The average molecular weight is 344 g/mol. The van der Waals surface area contributed by atoms with Gasteiger partial charge in [0.1, 0.15) is 11.6 Å². The van der Waals surface area contributed by atoms with E-state index in [9.17, 15) is 0 Å². The van der Waals surface area contributed by atoms with E-state index in [1.54, 1.807) is 13.3 Å². The molecule has 0 fully saturated rings. The fourth-order valence-corrected chi connectivity index (χ4v) is 2.50. The van der Waals surface area contributed by atoms with Crippen LogP contribution in [0, 0.1) is 0 Å². The highest BCUT2D eigenvalue weighted by Gasteiger charge is 2.05. The highest BCUT2D eigenvalue weighted by Crippen LogP contribution is 2.14. The van der Waals surface area contributed by atoms with Crippen LogP contribution in [0.1, 0.15) is 11.1 Å². The zero-order valence-electron chi connectivity index (χ0n) is 14.4. The van der Waals surface area contributed by atoms with Gasteiger partial charge in [0.25, 0.3) is 0 Å². The summed E-state index contributed by atoms with van der Waals surface area (Å²) in [6.07, 6.45) is 2.70. The Kier molecular flexibility index (Phi) is 6.81. The molecule has 0 radical (unpaired) electrons. The number of benzene rings is 1. The van der Waals surface area contributed by atoms with Crippen molar-refractivity contribution in [2.24, 2.45) is 0 Å². The molecular weight excluding hydrogens is 320 g/mol. The van der Waals surface area contributed by atoms with E-state index < -0.39 is 0 Å². The second kappa shape index (κ2) is 9.08. The number of aromatic nitrogens is 1. The Morgan fingerprint density at radius 3 is 2.58 bits per heavy atom. The lowest BCUT2D eigenvalue weighted by molar-refractivity contribution is 0.414. The zero-order chi connectivity index (χ0) is 17.4. The van der Waals surface area contributed by atoms with Crippen molar-refractivity contribution in [1.29, 1.82) is 0 Å². The Morgan fingerprint density at radius 1 is 1.17 bits per heavy atom. The number of nitrogens with zero attached hydrogens (tertiary/aromatic N) is 2. The Bertz CT molecular complexity index is 658. The minimum absolute atomic E-state index is 0.649. The first-order valence-corrected chi connectivity index (χ1v) is 8.27. The monoisotopic (exact) mass is 344 g/mol. The zero-order valence-corrected chi connectivity index (χ0v) is 15.2. The third-order valence-electron chi connectivity index (χ3n) is 3.59. The first kappa shape index (κ1) is 18.0. The van der Waals surface area contributed by atoms with Gasteiger partial charge in [-0.1, -0.05) is 18.2 Å². The van der Waals surface area contributed by atoms with Gasteiger partial charge in [0.05, 0.1) is 7.11 Å². The molecule has 0 atom stereocenters. The van der Waals surface area contributed by atoms with Gasteiger partial charge in [0.2, 0.25) is 0 Å². The molecule has 5 nitrogen and oxygen atoms in total. The fraction of sp³-hybridized carbons (Fsp3) is 0.333. The number of hydrogen-bond donors (Lipinski definition) is 2. The fourth-order valence-electron chi connectivity index (χ4n) is 2.32. The number of thiocarbonyl (C=S) groups is 1. The Hall–Kier alpha value is -2.34. The molecule has 0 aliphatic rings. The number of methoxy groups -OCH3 is 1. The number of hydrogen-bond acceptors (Lipinski definition) is 4. The Balaban J connectivity index is 1.75. The molecule has 0 unspecified atom stereocenters. The van der Waals surface area contributed by atoms with Gasteiger partial charge in [0.15, 0.2) is 5.11 Å². The largest absolute Gasteiger partial charge is 0.497 e. The van der Waals surface area contributed by atoms with Crippen LogP contribution in [-0.2, 0) is 13.0 Å². The SMILES string of the molecule is COc1ccc(CCNC(=S)NCc2cccnc2N(C)C)cc1. The summed E-state index contributed by atoms with van der Waals surface area (Å²) in [6, 6.07) is 12.1. The number of ether oxygens (including phenoxy) is 1. The molecule has 0 aliphatic heterocycles. The molecule has 0 spiro atoms. The summed E-state index contributed by atoms with van der Waals surface area (Å²) in [4.78, 5) is 6.38. The van der Waals surface area contributed by atoms with Crippen LogP contribution in [-0.4, -0.2) is 37.8 Å². The van der Waals surface area contributed by atoms with E-state index in [1.807, 2.05) is 37.2 Å². The summed E-state index contributed by atoms with van der Waals surface area (Å²) < 4.78 is 5.16. The minimum Gasteiger partial charge on any atom is -0.497 e. The number of rotatable bonds is 7. The maximum absolute atomic E-state index is 5.34. The van der Waals surface area contributed by atoms with Crippen LogP contribution in [0.3, 0.4) is 0 Å². The number of pyridine rings is 1. The van der Waals surface area contributed by atoms with Crippen molar-refractivity contribution in [2.45, 2.75) is 13.0 Å². The van der Waals surface area contributed by atoms with Crippen molar-refractivity contribution in [3.05, 3.63) is 53.7 Å². The highest BCUT2D eigenvalue weighted by atomic mass is 32.1. The molecule has 0 saturated carbocycles. The molecule has 0 amide bonds. The molecule has 2 N–H and O–H groups in total. The van der Waals surface area contributed by atoms with Crippen molar-refractivity contribution in [3.63, 3.8) is 0 Å². The Labute approximate surface area is 149 Å². The topological polar surface area (TPSA) is 49.4 Å². The summed E-state index contributed by atoms with van der Waals surface area (Å²) >= 11 is 5.34. The van der Waals surface area contributed by atoms with Crippen molar-refractivity contribution < 1.29 is 4.74 Å². The van der Waals surface area contributed by atoms with Gasteiger partial charge in [-0.15, -0.1) is 0 Å². The minimum atomic E-state index is 0.649. The molecule has 2 aromatic rings. The van der Waals surface area contributed by atoms with Crippen LogP contribution in [0.25, 0.3) is 0 Å². The average Bonchev–Trinajstić information content (AvgIpc) is 2.60. The van der Waals surface area contributed by atoms with Gasteiger partial charge in [-0.05, 0) is 42.4 Å². The smallest absolute Gasteiger partial charge is 0.166 e. The molecule has 2 rings (SSSR count). The first-order chi connectivity index (χ1) is 11.6.